The molecule has 264 valence electrons. The first-order chi connectivity index (χ1) is 18.7. The quantitative estimate of drug-likeness (QED) is 0.227. The monoisotopic (exact) mass is 936 g/mol. The average Bonchev–Trinajstić information content (AvgIpc) is 2.55. The minimum absolute atomic E-state index is 0.106. The van der Waals surface area contributed by atoms with E-state index in [4.69, 9.17) is 11.1 Å². The van der Waals surface area contributed by atoms with Crippen LogP contribution in [0.5, 0.6) is 0 Å². The first kappa shape index (κ1) is 44.8. The van der Waals surface area contributed by atoms with Crippen molar-refractivity contribution in [2.45, 2.75) is 198 Å². The summed E-state index contributed by atoms with van der Waals surface area (Å²) in [5.41, 5.74) is 0. The van der Waals surface area contributed by atoms with Crippen molar-refractivity contribution in [1.82, 2.24) is 0 Å². The van der Waals surface area contributed by atoms with Crippen LogP contribution in [0.25, 0.3) is 0 Å². The molecule has 44 heavy (non-hydrogen) atoms. The predicted octanol–water partition coefficient (Wildman–Crippen LogP) is 12.5. The normalized spacial score (nSPS) is 22.4. The SMILES string of the molecule is CC(C)(C)[Si]1(C(C)(C)C)[O][Sn]([CH2][Si](C)(C)C)([CH2][Si](C)(C)C)[O][Si](C(C)(C)C)(C(C)(C)C)[O][Sn]([CH2][Si](C)(C)C)([CH2][Si](C)(C)C)[O]1. The van der Waals surface area contributed by atoms with Crippen LogP contribution in [0.3, 0.4) is 0 Å². The minimum atomic E-state index is -3.98. The first-order valence-electron chi connectivity index (χ1n) is 17.5. The summed E-state index contributed by atoms with van der Waals surface area (Å²) in [7, 11) is -12.3. The summed E-state index contributed by atoms with van der Waals surface area (Å²) < 4.78 is 38.7. The van der Waals surface area contributed by atoms with Gasteiger partial charge in [-0.25, -0.2) is 0 Å². The molecule has 1 rings (SSSR count). The number of rotatable bonds is 8. The zero-order valence-corrected chi connectivity index (χ0v) is 46.2. The van der Waals surface area contributed by atoms with E-state index in [1.165, 1.54) is 16.2 Å². The molecule has 0 unspecified atom stereocenters. The molecule has 1 saturated heterocycles. The molecular formula is C32H80O4Si6Sn2. The van der Waals surface area contributed by atoms with Gasteiger partial charge in [0.15, 0.2) is 0 Å². The summed E-state index contributed by atoms with van der Waals surface area (Å²) in [6.45, 7) is 60.0. The van der Waals surface area contributed by atoms with Gasteiger partial charge in [-0.3, -0.25) is 0 Å². The van der Waals surface area contributed by atoms with E-state index in [0.717, 1.165) is 0 Å². The molecule has 1 aliphatic heterocycles. The van der Waals surface area contributed by atoms with Gasteiger partial charge in [0.25, 0.3) is 0 Å². The maximum atomic E-state index is 8.49. The Bertz CT molecular complexity index is 822. The van der Waals surface area contributed by atoms with Gasteiger partial charge in [-0.05, 0) is 0 Å². The summed E-state index contributed by atoms with van der Waals surface area (Å²) in [6, 6.07) is 0. The number of hydrogen-bond acceptors (Lipinski definition) is 4. The van der Waals surface area contributed by atoms with Crippen molar-refractivity contribution in [3.63, 3.8) is 0 Å². The summed E-state index contributed by atoms with van der Waals surface area (Å²) in [6.07, 6.45) is 0. The second-order valence-corrected chi connectivity index (χ2v) is 84.1. The molecule has 0 radical (unpaired) electrons. The van der Waals surface area contributed by atoms with Crippen LogP contribution < -0.4 is 0 Å². The zero-order chi connectivity index (χ0) is 35.7. The fourth-order valence-corrected chi connectivity index (χ4v) is 151. The molecule has 0 aliphatic carbocycles. The second kappa shape index (κ2) is 13.4. The Kier molecular flexibility index (Phi) is 13.6. The third-order valence-corrected chi connectivity index (χ3v) is 103. The van der Waals surface area contributed by atoms with Crippen LogP contribution in [0.4, 0.5) is 0 Å². The van der Waals surface area contributed by atoms with Crippen LogP contribution in [-0.4, -0.2) is 87.8 Å². The molecule has 0 aromatic rings. The van der Waals surface area contributed by atoms with Crippen LogP contribution in [0.2, 0.25) is 115 Å². The summed E-state index contributed by atoms with van der Waals surface area (Å²) in [5.74, 6) is 0. The molecule has 1 aliphatic rings. The van der Waals surface area contributed by atoms with Crippen LogP contribution in [0.1, 0.15) is 83.1 Å². The van der Waals surface area contributed by atoms with E-state index < -0.39 is 87.8 Å². The fraction of sp³-hybridized carbons (Fsp3) is 1.00. The van der Waals surface area contributed by atoms with Crippen LogP contribution in [-0.2, 0) is 11.1 Å². The maximum absolute atomic E-state index is 8.49. The van der Waals surface area contributed by atoms with Crippen molar-refractivity contribution in [3.05, 3.63) is 0 Å². The average molecular weight is 935 g/mol. The van der Waals surface area contributed by atoms with Gasteiger partial charge in [0.1, 0.15) is 0 Å². The van der Waals surface area contributed by atoms with Crippen LogP contribution in [0, 0.1) is 0 Å². The van der Waals surface area contributed by atoms with E-state index in [1.54, 1.807) is 0 Å². The van der Waals surface area contributed by atoms with E-state index in [-0.39, 0.29) is 20.2 Å². The molecule has 0 N–H and O–H groups in total. The van der Waals surface area contributed by atoms with Gasteiger partial charge >= 0.3 is 297 Å². The molecule has 1 fully saturated rings. The summed E-state index contributed by atoms with van der Waals surface area (Å²) in [4.78, 5) is 0. The Morgan fingerprint density at radius 3 is 0.568 bits per heavy atom. The van der Waals surface area contributed by atoms with Crippen molar-refractivity contribution in [2.24, 2.45) is 0 Å². The van der Waals surface area contributed by atoms with E-state index >= 15 is 0 Å². The van der Waals surface area contributed by atoms with Gasteiger partial charge in [0.2, 0.25) is 0 Å². The Hall–Kier alpha value is 2.74. The molecule has 0 bridgehead atoms. The Morgan fingerprint density at radius 2 is 0.477 bits per heavy atom. The predicted molar refractivity (Wildman–Crippen MR) is 219 cm³/mol. The van der Waals surface area contributed by atoms with E-state index in [2.05, 4.69) is 162 Å². The second-order valence-electron chi connectivity index (χ2n) is 23.4. The molecule has 0 saturated carbocycles. The standard InChI is InChI=1S/2C8H18O2Si.4C4H11Si.2Sn/c2*1-7(2,3)11(9,10)8(4,5)6;4*1-5(2,3)4;;/h2*1-6H3;4*1H2,2-4H3;;/q2*-2;;;;;2*+2. The zero-order valence-electron chi connectivity index (χ0n) is 34.5. The summed E-state index contributed by atoms with van der Waals surface area (Å²) >= 11 is -7.97. The van der Waals surface area contributed by atoms with Gasteiger partial charge in [-0.2, -0.15) is 0 Å². The van der Waals surface area contributed by atoms with Crippen LogP contribution in [0.15, 0.2) is 0 Å². The van der Waals surface area contributed by atoms with Gasteiger partial charge < -0.3 is 0 Å². The molecule has 0 amide bonds. The Balaban J connectivity index is 4.70. The topological polar surface area (TPSA) is 36.9 Å². The van der Waals surface area contributed by atoms with Crippen molar-refractivity contribution >= 4 is 87.8 Å². The van der Waals surface area contributed by atoms with Gasteiger partial charge in [0, 0.05) is 0 Å². The molecule has 0 spiro atoms. The summed E-state index contributed by atoms with van der Waals surface area (Å²) in [5, 5.41) is -0.424. The van der Waals surface area contributed by atoms with Crippen molar-refractivity contribution in [2.75, 3.05) is 0 Å². The van der Waals surface area contributed by atoms with Gasteiger partial charge in [0.05, 0.1) is 0 Å². The Labute approximate surface area is 294 Å². The fourth-order valence-electron chi connectivity index (χ4n) is 8.25. The van der Waals surface area contributed by atoms with Crippen molar-refractivity contribution < 1.29 is 11.1 Å². The van der Waals surface area contributed by atoms with Crippen molar-refractivity contribution in [1.29, 1.82) is 0 Å². The van der Waals surface area contributed by atoms with Crippen LogP contribution >= 0.6 is 0 Å². The Morgan fingerprint density at radius 1 is 0.341 bits per heavy atom. The molecular weight excluding hydrogens is 854 g/mol. The third kappa shape index (κ3) is 11.4. The van der Waals surface area contributed by atoms with Gasteiger partial charge in [-0.15, -0.1) is 0 Å². The molecule has 12 heteroatoms. The number of hydrogen-bond donors (Lipinski definition) is 0. The van der Waals surface area contributed by atoms with E-state index in [0.29, 0.717) is 0 Å². The van der Waals surface area contributed by atoms with E-state index in [1.807, 2.05) is 0 Å². The van der Waals surface area contributed by atoms with Gasteiger partial charge in [-0.1, -0.05) is 0 Å². The molecule has 4 nitrogen and oxygen atoms in total. The molecule has 0 aromatic carbocycles. The third-order valence-electron chi connectivity index (χ3n) is 8.47. The molecule has 0 atom stereocenters. The van der Waals surface area contributed by atoms with E-state index in [9.17, 15) is 0 Å². The first-order valence-corrected chi connectivity index (χ1v) is 48.7. The molecule has 0 aromatic heterocycles. The van der Waals surface area contributed by atoms with Crippen molar-refractivity contribution in [3.8, 4) is 0 Å². The molecule has 1 heterocycles.